The molecule has 0 bridgehead atoms. The Bertz CT molecular complexity index is 1540. The Balaban J connectivity index is 1.43. The van der Waals surface area contributed by atoms with E-state index in [0.29, 0.717) is 34.9 Å². The summed E-state index contributed by atoms with van der Waals surface area (Å²) in [5.74, 6) is -1.82. The summed E-state index contributed by atoms with van der Waals surface area (Å²) >= 11 is 6.19. The number of hydrogen-bond acceptors (Lipinski definition) is 6. The first-order valence-corrected chi connectivity index (χ1v) is 12.0. The van der Waals surface area contributed by atoms with Crippen molar-refractivity contribution in [2.24, 2.45) is 0 Å². The Morgan fingerprint density at radius 2 is 1.84 bits per heavy atom. The van der Waals surface area contributed by atoms with Crippen LogP contribution in [0.2, 0.25) is 5.02 Å². The highest BCUT2D eigenvalue weighted by Gasteiger charge is 2.35. The van der Waals surface area contributed by atoms with Gasteiger partial charge in [0.25, 0.3) is 5.91 Å². The molecule has 11 heteroatoms. The second kappa shape index (κ2) is 10.7. The number of carbonyl (C=O) groups excluding carboxylic acids is 2. The number of anilines is 1. The molecule has 10 nitrogen and oxygen atoms in total. The number of nitrogens with one attached hydrogen (secondary N) is 1. The van der Waals surface area contributed by atoms with Crippen molar-refractivity contribution in [2.45, 2.75) is 12.5 Å². The second-order valence-corrected chi connectivity index (χ2v) is 8.98. The minimum atomic E-state index is -1.06. The summed E-state index contributed by atoms with van der Waals surface area (Å²) in [6, 6.07) is 17.6. The van der Waals surface area contributed by atoms with Gasteiger partial charge in [0.15, 0.2) is 0 Å². The molecular weight excluding hydrogens is 508 g/mol. The third-order valence-corrected chi connectivity index (χ3v) is 6.44. The molecule has 1 aromatic heterocycles. The molecule has 0 radical (unpaired) electrons. The number of carboxylic acid groups (broad SMARTS) is 1. The van der Waals surface area contributed by atoms with Gasteiger partial charge in [0.1, 0.15) is 12.4 Å². The van der Waals surface area contributed by atoms with Crippen molar-refractivity contribution < 1.29 is 19.5 Å². The lowest BCUT2D eigenvalue weighted by atomic mass is 9.91. The van der Waals surface area contributed by atoms with E-state index in [1.807, 2.05) is 24.3 Å². The number of nitrogens with zero attached hydrogens (tertiary/aromatic N) is 5. The third-order valence-electron chi connectivity index (χ3n) is 6.21. The lowest BCUT2D eigenvalue weighted by Crippen LogP contribution is -2.44. The summed E-state index contributed by atoms with van der Waals surface area (Å²) in [5, 5.41) is 23.6. The molecule has 2 N–H and O–H groups in total. The topological polar surface area (TPSA) is 130 Å². The van der Waals surface area contributed by atoms with Crippen LogP contribution >= 0.6 is 11.6 Å². The molecule has 0 fully saturated rings. The first-order chi connectivity index (χ1) is 18.4. The molecule has 1 aliphatic rings. The zero-order valence-corrected chi connectivity index (χ0v) is 20.6. The van der Waals surface area contributed by atoms with Crippen LogP contribution in [-0.4, -0.2) is 54.5 Å². The number of halogens is 1. The molecular formula is C27H21ClN6O4. The van der Waals surface area contributed by atoms with Crippen LogP contribution in [0.4, 0.5) is 5.69 Å². The summed E-state index contributed by atoms with van der Waals surface area (Å²) in [4.78, 5) is 39.6. The fraction of sp³-hybridized carbons (Fsp3) is 0.111. The van der Waals surface area contributed by atoms with Crippen LogP contribution in [0, 0.1) is 0 Å². The lowest BCUT2D eigenvalue weighted by molar-refractivity contribution is -0.135. The number of rotatable bonds is 6. The highest BCUT2D eigenvalue weighted by Crippen LogP contribution is 2.31. The molecule has 0 saturated heterocycles. The SMILES string of the molecule is O=C(O)c1ccc(NC(=O)C2c3ccccc3CCN2C(=O)/C=C/c2cc(Cl)ccc2-n2cnnn2)cc1. The van der Waals surface area contributed by atoms with E-state index >= 15 is 0 Å². The van der Waals surface area contributed by atoms with Gasteiger partial charge in [-0.25, -0.2) is 4.79 Å². The first kappa shape index (κ1) is 24.8. The largest absolute Gasteiger partial charge is 0.478 e. The molecule has 0 spiro atoms. The second-order valence-electron chi connectivity index (χ2n) is 8.55. The number of benzene rings is 3. The summed E-state index contributed by atoms with van der Waals surface area (Å²) in [6.07, 6.45) is 5.05. The number of carboxylic acids is 1. The van der Waals surface area contributed by atoms with Crippen LogP contribution in [0.25, 0.3) is 11.8 Å². The predicted octanol–water partition coefficient (Wildman–Crippen LogP) is 3.79. The van der Waals surface area contributed by atoms with Gasteiger partial charge in [0.05, 0.1) is 11.3 Å². The van der Waals surface area contributed by atoms with Gasteiger partial charge >= 0.3 is 5.97 Å². The Labute approximate surface area is 222 Å². The Hall–Kier alpha value is -4.83. The van der Waals surface area contributed by atoms with E-state index in [1.54, 1.807) is 24.3 Å². The van der Waals surface area contributed by atoms with Gasteiger partial charge in [0, 0.05) is 28.9 Å². The number of aromatic nitrogens is 4. The molecule has 1 unspecified atom stereocenters. The summed E-state index contributed by atoms with van der Waals surface area (Å²) < 4.78 is 1.46. The van der Waals surface area contributed by atoms with Crippen LogP contribution in [0.15, 0.2) is 79.1 Å². The fourth-order valence-corrected chi connectivity index (χ4v) is 4.57. The standard InChI is InChI=1S/C27H21ClN6O4/c28-20-8-11-23(34-16-29-31-32-34)19(15-20)7-12-24(35)33-14-13-17-3-1-2-4-22(17)25(33)26(36)30-21-9-5-18(6-10-21)27(37)38/h1-12,15-16,25H,13-14H2,(H,30,36)(H,37,38)/b12-7+. The molecule has 5 rings (SSSR count). The van der Waals surface area contributed by atoms with E-state index in [1.165, 1.54) is 46.3 Å². The number of tetrazole rings is 1. The van der Waals surface area contributed by atoms with Crippen molar-refractivity contribution in [3.63, 3.8) is 0 Å². The zero-order valence-electron chi connectivity index (χ0n) is 19.9. The summed E-state index contributed by atoms with van der Waals surface area (Å²) in [6.45, 7) is 0.339. The van der Waals surface area contributed by atoms with E-state index in [4.69, 9.17) is 16.7 Å². The predicted molar refractivity (Wildman–Crippen MR) is 140 cm³/mol. The summed E-state index contributed by atoms with van der Waals surface area (Å²) in [5.41, 5.74) is 3.50. The molecule has 2 amide bonds. The quantitative estimate of drug-likeness (QED) is 0.364. The zero-order chi connectivity index (χ0) is 26.6. The van der Waals surface area contributed by atoms with Crippen molar-refractivity contribution in [3.8, 4) is 5.69 Å². The average molecular weight is 529 g/mol. The van der Waals surface area contributed by atoms with E-state index in [0.717, 1.165) is 11.1 Å². The van der Waals surface area contributed by atoms with Crippen LogP contribution in [-0.2, 0) is 16.0 Å². The number of carbonyl (C=O) groups is 3. The van der Waals surface area contributed by atoms with Crippen LogP contribution in [0.3, 0.4) is 0 Å². The number of hydrogen-bond donors (Lipinski definition) is 2. The van der Waals surface area contributed by atoms with Gasteiger partial charge in [-0.05, 0) is 76.5 Å². The van der Waals surface area contributed by atoms with Crippen molar-refractivity contribution in [1.29, 1.82) is 0 Å². The van der Waals surface area contributed by atoms with Crippen LogP contribution in [0.1, 0.15) is 33.1 Å². The lowest BCUT2D eigenvalue weighted by Gasteiger charge is -2.35. The average Bonchev–Trinajstić information content (AvgIpc) is 3.46. The normalized spacial score (nSPS) is 14.8. The van der Waals surface area contributed by atoms with Crippen LogP contribution < -0.4 is 5.32 Å². The Morgan fingerprint density at radius 3 is 2.58 bits per heavy atom. The monoisotopic (exact) mass is 528 g/mol. The Kier molecular flexibility index (Phi) is 6.96. The fourth-order valence-electron chi connectivity index (χ4n) is 4.39. The number of amides is 2. The number of aromatic carboxylic acids is 1. The van der Waals surface area contributed by atoms with Crippen molar-refractivity contribution >= 4 is 41.1 Å². The van der Waals surface area contributed by atoms with Gasteiger partial charge in [-0.15, -0.1) is 5.10 Å². The van der Waals surface area contributed by atoms with E-state index < -0.39 is 17.9 Å². The van der Waals surface area contributed by atoms with Gasteiger partial charge in [0.2, 0.25) is 5.91 Å². The van der Waals surface area contributed by atoms with E-state index in [-0.39, 0.29) is 11.5 Å². The molecule has 1 aliphatic heterocycles. The highest BCUT2D eigenvalue weighted by atomic mass is 35.5. The smallest absolute Gasteiger partial charge is 0.335 e. The minimum absolute atomic E-state index is 0.106. The molecule has 4 aromatic rings. The third kappa shape index (κ3) is 5.16. The van der Waals surface area contributed by atoms with Gasteiger partial charge in [-0.3, -0.25) is 9.59 Å². The molecule has 3 aromatic carbocycles. The van der Waals surface area contributed by atoms with Gasteiger partial charge < -0.3 is 15.3 Å². The number of fused-ring (bicyclic) bond motifs is 1. The Morgan fingerprint density at radius 1 is 1.05 bits per heavy atom. The molecule has 1 atom stereocenters. The summed E-state index contributed by atoms with van der Waals surface area (Å²) in [7, 11) is 0. The van der Waals surface area contributed by atoms with Gasteiger partial charge in [-0.2, -0.15) is 4.68 Å². The van der Waals surface area contributed by atoms with E-state index in [9.17, 15) is 14.4 Å². The molecule has 190 valence electrons. The van der Waals surface area contributed by atoms with Crippen LogP contribution in [0.5, 0.6) is 0 Å². The minimum Gasteiger partial charge on any atom is -0.478 e. The molecule has 0 aliphatic carbocycles. The van der Waals surface area contributed by atoms with E-state index in [2.05, 4.69) is 20.8 Å². The molecule has 2 heterocycles. The van der Waals surface area contributed by atoms with Crippen molar-refractivity contribution in [3.05, 3.63) is 106 Å². The maximum Gasteiger partial charge on any atom is 0.335 e. The first-order valence-electron chi connectivity index (χ1n) is 11.6. The van der Waals surface area contributed by atoms with Crippen molar-refractivity contribution in [1.82, 2.24) is 25.1 Å². The highest BCUT2D eigenvalue weighted by molar-refractivity contribution is 6.30. The van der Waals surface area contributed by atoms with Gasteiger partial charge in [-0.1, -0.05) is 35.9 Å². The molecule has 38 heavy (non-hydrogen) atoms. The maximum atomic E-state index is 13.5. The van der Waals surface area contributed by atoms with Crippen molar-refractivity contribution in [2.75, 3.05) is 11.9 Å². The maximum absolute atomic E-state index is 13.5. The molecule has 0 saturated carbocycles.